The zero-order chi connectivity index (χ0) is 20.8. The Morgan fingerprint density at radius 2 is 2.24 bits per heavy atom. The molecule has 1 fully saturated rings. The van der Waals surface area contributed by atoms with Gasteiger partial charge < -0.3 is 15.0 Å². The third kappa shape index (κ3) is 5.61. The van der Waals surface area contributed by atoms with Crippen LogP contribution in [0.3, 0.4) is 0 Å². The Balaban J connectivity index is 1.62. The monoisotopic (exact) mass is 434 g/mol. The van der Waals surface area contributed by atoms with E-state index < -0.39 is 0 Å². The van der Waals surface area contributed by atoms with E-state index in [1.807, 2.05) is 35.4 Å². The molecule has 1 aromatic carbocycles. The van der Waals surface area contributed by atoms with E-state index in [2.05, 4.69) is 15.3 Å². The highest BCUT2D eigenvalue weighted by molar-refractivity contribution is 7.98. The van der Waals surface area contributed by atoms with Gasteiger partial charge in [0, 0.05) is 25.6 Å². The quantitative estimate of drug-likeness (QED) is 0.555. The van der Waals surface area contributed by atoms with Crippen molar-refractivity contribution in [2.45, 2.75) is 37.0 Å². The van der Waals surface area contributed by atoms with Crippen LogP contribution < -0.4 is 10.1 Å². The number of rotatable bonds is 6. The Bertz CT molecular complexity index is 896. The van der Waals surface area contributed by atoms with Crippen molar-refractivity contribution in [3.05, 3.63) is 46.7 Å². The fraction of sp³-hybridized carbons (Fsp3) is 0.400. The topological polar surface area (TPSA) is 84.4 Å². The third-order valence-electron chi connectivity index (χ3n) is 4.77. The highest BCUT2D eigenvalue weighted by Gasteiger charge is 2.25. The standard InChI is InChI=1S/C20H23ClN4O3S/c1-28-15-5-3-4-13(10-15)12-25-9-8-14(6-7-17(25)26)23-19(27)18-16(21)11-22-20(24-18)29-2/h3-5,10-11,14H,6-9,12H2,1-2H3,(H,23,27). The van der Waals surface area contributed by atoms with Gasteiger partial charge in [0.25, 0.3) is 5.91 Å². The fourth-order valence-corrected chi connectivity index (χ4v) is 3.72. The maximum absolute atomic E-state index is 12.6. The van der Waals surface area contributed by atoms with Crippen molar-refractivity contribution in [3.8, 4) is 5.75 Å². The molecule has 154 valence electrons. The second-order valence-electron chi connectivity index (χ2n) is 6.72. The van der Waals surface area contributed by atoms with Gasteiger partial charge in [0.1, 0.15) is 5.75 Å². The summed E-state index contributed by atoms with van der Waals surface area (Å²) in [5.41, 5.74) is 1.17. The summed E-state index contributed by atoms with van der Waals surface area (Å²) in [6.07, 6.45) is 4.89. The number of aromatic nitrogens is 2. The predicted molar refractivity (Wildman–Crippen MR) is 112 cm³/mol. The predicted octanol–water partition coefficient (Wildman–Crippen LogP) is 3.17. The Kier molecular flexibility index (Phi) is 7.33. The first kappa shape index (κ1) is 21.4. The number of nitrogens with one attached hydrogen (secondary N) is 1. The van der Waals surface area contributed by atoms with E-state index in [0.717, 1.165) is 11.3 Å². The second-order valence-corrected chi connectivity index (χ2v) is 7.90. The number of likely N-dealkylation sites (tertiary alicyclic amines) is 1. The van der Waals surface area contributed by atoms with E-state index >= 15 is 0 Å². The van der Waals surface area contributed by atoms with Crippen molar-refractivity contribution < 1.29 is 14.3 Å². The van der Waals surface area contributed by atoms with Gasteiger partial charge in [0.2, 0.25) is 5.91 Å². The van der Waals surface area contributed by atoms with Crippen molar-refractivity contribution in [3.63, 3.8) is 0 Å². The molecule has 0 spiro atoms. The van der Waals surface area contributed by atoms with Crippen LogP contribution in [0.5, 0.6) is 5.75 Å². The largest absolute Gasteiger partial charge is 0.497 e. The molecule has 7 nitrogen and oxygen atoms in total. The number of carbonyl (C=O) groups excluding carboxylic acids is 2. The Labute approximate surface area is 179 Å². The summed E-state index contributed by atoms with van der Waals surface area (Å²) in [5.74, 6) is 0.502. The Morgan fingerprint density at radius 1 is 1.41 bits per heavy atom. The van der Waals surface area contributed by atoms with Crippen LogP contribution >= 0.6 is 23.4 Å². The van der Waals surface area contributed by atoms with Crippen LogP contribution in [0.2, 0.25) is 5.02 Å². The van der Waals surface area contributed by atoms with Gasteiger partial charge in [-0.3, -0.25) is 9.59 Å². The Hall–Kier alpha value is -2.32. The van der Waals surface area contributed by atoms with Gasteiger partial charge in [-0.1, -0.05) is 35.5 Å². The lowest BCUT2D eigenvalue weighted by atomic mass is 10.1. The maximum Gasteiger partial charge on any atom is 0.271 e. The molecule has 0 saturated carbocycles. The lowest BCUT2D eigenvalue weighted by Gasteiger charge is -2.21. The smallest absolute Gasteiger partial charge is 0.271 e. The molecule has 9 heteroatoms. The summed E-state index contributed by atoms with van der Waals surface area (Å²) in [6, 6.07) is 7.57. The normalized spacial score (nSPS) is 17.0. The molecule has 2 heterocycles. The van der Waals surface area contributed by atoms with Crippen molar-refractivity contribution in [2.24, 2.45) is 0 Å². The SMILES string of the molecule is COc1cccc(CN2CCC(NC(=O)c3nc(SC)ncc3Cl)CCC2=O)c1. The molecule has 2 amide bonds. The van der Waals surface area contributed by atoms with Crippen LogP contribution in [-0.4, -0.2) is 52.6 Å². The molecule has 1 saturated heterocycles. The molecule has 0 bridgehead atoms. The first-order valence-corrected chi connectivity index (χ1v) is 10.9. The molecule has 1 aromatic heterocycles. The van der Waals surface area contributed by atoms with Crippen LogP contribution in [0.25, 0.3) is 0 Å². The van der Waals surface area contributed by atoms with Crippen molar-refractivity contribution >= 4 is 35.2 Å². The molecule has 1 atom stereocenters. The second kappa shape index (κ2) is 9.93. The van der Waals surface area contributed by atoms with E-state index in [-0.39, 0.29) is 28.6 Å². The zero-order valence-electron chi connectivity index (χ0n) is 16.4. The molecule has 0 radical (unpaired) electrons. The third-order valence-corrected chi connectivity index (χ3v) is 5.61. The molecular formula is C20H23ClN4O3S. The minimum absolute atomic E-state index is 0.0781. The number of thioether (sulfide) groups is 1. The molecule has 1 N–H and O–H groups in total. The first-order chi connectivity index (χ1) is 14.0. The van der Waals surface area contributed by atoms with E-state index in [1.165, 1.54) is 18.0 Å². The van der Waals surface area contributed by atoms with Crippen LogP contribution in [0, 0.1) is 0 Å². The van der Waals surface area contributed by atoms with Gasteiger partial charge in [-0.05, 0) is 36.8 Å². The molecule has 2 aromatic rings. The van der Waals surface area contributed by atoms with Gasteiger partial charge in [-0.2, -0.15) is 0 Å². The molecular weight excluding hydrogens is 412 g/mol. The zero-order valence-corrected chi connectivity index (χ0v) is 17.9. The number of carbonyl (C=O) groups is 2. The summed E-state index contributed by atoms with van der Waals surface area (Å²) in [5, 5.41) is 3.67. The highest BCUT2D eigenvalue weighted by atomic mass is 35.5. The maximum atomic E-state index is 12.6. The van der Waals surface area contributed by atoms with Gasteiger partial charge in [-0.15, -0.1) is 0 Å². The fourth-order valence-electron chi connectivity index (χ4n) is 3.20. The van der Waals surface area contributed by atoms with Gasteiger partial charge in [-0.25, -0.2) is 9.97 Å². The van der Waals surface area contributed by atoms with E-state index in [0.29, 0.717) is 37.5 Å². The van der Waals surface area contributed by atoms with Crippen molar-refractivity contribution in [1.82, 2.24) is 20.2 Å². The van der Waals surface area contributed by atoms with Crippen LogP contribution in [0.1, 0.15) is 35.3 Å². The van der Waals surface area contributed by atoms with Gasteiger partial charge in [0.05, 0.1) is 18.3 Å². The molecule has 0 aliphatic carbocycles. The van der Waals surface area contributed by atoms with Crippen LogP contribution in [0.4, 0.5) is 0 Å². The van der Waals surface area contributed by atoms with E-state index in [1.54, 1.807) is 7.11 Å². The molecule has 3 rings (SSSR count). The van der Waals surface area contributed by atoms with Gasteiger partial charge >= 0.3 is 0 Å². The van der Waals surface area contributed by atoms with Crippen molar-refractivity contribution in [1.29, 1.82) is 0 Å². The summed E-state index contributed by atoms with van der Waals surface area (Å²) in [6.45, 7) is 1.08. The number of halogens is 1. The average molecular weight is 435 g/mol. The number of hydrogen-bond acceptors (Lipinski definition) is 6. The molecule has 29 heavy (non-hydrogen) atoms. The van der Waals surface area contributed by atoms with Gasteiger partial charge in [0.15, 0.2) is 10.9 Å². The highest BCUT2D eigenvalue weighted by Crippen LogP contribution is 2.20. The lowest BCUT2D eigenvalue weighted by molar-refractivity contribution is -0.131. The minimum Gasteiger partial charge on any atom is -0.497 e. The summed E-state index contributed by atoms with van der Waals surface area (Å²) >= 11 is 7.43. The van der Waals surface area contributed by atoms with E-state index in [9.17, 15) is 9.59 Å². The summed E-state index contributed by atoms with van der Waals surface area (Å²) in [7, 11) is 1.62. The number of hydrogen-bond donors (Lipinski definition) is 1. The number of methoxy groups -OCH3 is 1. The molecule has 1 aliphatic heterocycles. The first-order valence-electron chi connectivity index (χ1n) is 9.28. The summed E-state index contributed by atoms with van der Waals surface area (Å²) in [4.78, 5) is 35.3. The molecule has 1 unspecified atom stereocenters. The minimum atomic E-state index is -0.341. The lowest BCUT2D eigenvalue weighted by Crippen LogP contribution is -2.36. The van der Waals surface area contributed by atoms with E-state index in [4.69, 9.17) is 16.3 Å². The Morgan fingerprint density at radius 3 is 3.00 bits per heavy atom. The number of ether oxygens (including phenoxy) is 1. The van der Waals surface area contributed by atoms with Crippen molar-refractivity contribution in [2.75, 3.05) is 19.9 Å². The number of nitrogens with zero attached hydrogens (tertiary/aromatic N) is 3. The molecule has 1 aliphatic rings. The number of amides is 2. The van der Waals surface area contributed by atoms with Crippen LogP contribution in [0.15, 0.2) is 35.6 Å². The van der Waals surface area contributed by atoms with Crippen LogP contribution in [-0.2, 0) is 11.3 Å². The summed E-state index contributed by atoms with van der Waals surface area (Å²) < 4.78 is 5.25. The number of benzene rings is 1. The average Bonchev–Trinajstić information content (AvgIpc) is 2.90.